The molecule has 0 atom stereocenters. The summed E-state index contributed by atoms with van der Waals surface area (Å²) in [6.45, 7) is 3.74. The molecule has 1 aliphatic heterocycles. The van der Waals surface area contributed by atoms with E-state index in [2.05, 4.69) is 10.2 Å². The maximum atomic E-state index is 13.0. The smallest absolute Gasteiger partial charge is 0.270 e. The Morgan fingerprint density at radius 2 is 1.97 bits per heavy atom. The van der Waals surface area contributed by atoms with E-state index in [1.165, 1.54) is 19.3 Å². The van der Waals surface area contributed by atoms with Crippen molar-refractivity contribution in [2.45, 2.75) is 19.3 Å². The van der Waals surface area contributed by atoms with Crippen LogP contribution in [-0.4, -0.2) is 51.3 Å². The van der Waals surface area contributed by atoms with Crippen LogP contribution in [0.3, 0.4) is 0 Å². The molecule has 4 rings (SSSR count). The summed E-state index contributed by atoms with van der Waals surface area (Å²) in [4.78, 5) is 15.4. The van der Waals surface area contributed by atoms with Crippen molar-refractivity contribution < 1.29 is 4.79 Å². The first kappa shape index (κ1) is 19.7. The van der Waals surface area contributed by atoms with Gasteiger partial charge >= 0.3 is 0 Å². The van der Waals surface area contributed by atoms with Crippen LogP contribution in [0, 0.1) is 0 Å². The van der Waals surface area contributed by atoms with Crippen LogP contribution in [0.5, 0.6) is 0 Å². The van der Waals surface area contributed by atoms with Crippen LogP contribution in [0.1, 0.15) is 29.8 Å². The van der Waals surface area contributed by atoms with E-state index in [9.17, 15) is 4.79 Å². The Balaban J connectivity index is 1.57. The second-order valence-electron chi connectivity index (χ2n) is 7.47. The van der Waals surface area contributed by atoms with Gasteiger partial charge in [0.05, 0.1) is 11.4 Å². The summed E-state index contributed by atoms with van der Waals surface area (Å²) >= 11 is 6.18. The number of piperidine rings is 1. The SMILES string of the molecule is Cn1cccc1-c1cc(C(=O)NCCN2CCCCC2)n(-c2cccc(Cl)c2)n1. The zero-order valence-electron chi connectivity index (χ0n) is 16.6. The molecule has 0 unspecified atom stereocenters. The monoisotopic (exact) mass is 411 g/mol. The first-order chi connectivity index (χ1) is 14.1. The third-order valence-electron chi connectivity index (χ3n) is 5.36. The van der Waals surface area contributed by atoms with Crippen molar-refractivity contribution in [2.75, 3.05) is 26.2 Å². The van der Waals surface area contributed by atoms with E-state index in [1.54, 1.807) is 4.68 Å². The summed E-state index contributed by atoms with van der Waals surface area (Å²) in [5.74, 6) is -0.130. The molecule has 1 N–H and O–H groups in total. The number of carbonyl (C=O) groups excluding carboxylic acids is 1. The lowest BCUT2D eigenvalue weighted by atomic mass is 10.1. The quantitative estimate of drug-likeness (QED) is 0.672. The number of carbonyl (C=O) groups is 1. The van der Waals surface area contributed by atoms with Crippen molar-refractivity contribution in [2.24, 2.45) is 7.05 Å². The Bertz CT molecular complexity index is 987. The average molecular weight is 412 g/mol. The number of halogens is 1. The highest BCUT2D eigenvalue weighted by Crippen LogP contribution is 2.23. The van der Waals surface area contributed by atoms with Crippen molar-refractivity contribution in [3.8, 4) is 17.1 Å². The highest BCUT2D eigenvalue weighted by atomic mass is 35.5. The van der Waals surface area contributed by atoms with Gasteiger partial charge in [-0.25, -0.2) is 4.68 Å². The van der Waals surface area contributed by atoms with Crippen LogP contribution >= 0.6 is 11.6 Å². The molecule has 1 aromatic carbocycles. The van der Waals surface area contributed by atoms with Gasteiger partial charge in [-0.05, 0) is 62.3 Å². The summed E-state index contributed by atoms with van der Waals surface area (Å²) < 4.78 is 3.66. The molecule has 3 aromatic rings. The molecule has 1 saturated heterocycles. The summed E-state index contributed by atoms with van der Waals surface area (Å²) in [5.41, 5.74) is 2.97. The standard InChI is InChI=1S/C22H26ClN5O/c1-26-11-6-9-20(26)19-16-21(28(25-19)18-8-5-7-17(23)15-18)22(29)24-10-14-27-12-3-2-4-13-27/h5-9,11,15-16H,2-4,10,12-14H2,1H3,(H,24,29). The minimum absolute atomic E-state index is 0.130. The van der Waals surface area contributed by atoms with Crippen LogP contribution < -0.4 is 5.32 Å². The minimum Gasteiger partial charge on any atom is -0.349 e. The van der Waals surface area contributed by atoms with Crippen molar-refractivity contribution >= 4 is 17.5 Å². The third kappa shape index (κ3) is 4.54. The van der Waals surface area contributed by atoms with E-state index in [0.29, 0.717) is 17.3 Å². The topological polar surface area (TPSA) is 55.1 Å². The highest BCUT2D eigenvalue weighted by Gasteiger charge is 2.19. The molecule has 0 aliphatic carbocycles. The number of aryl methyl sites for hydroxylation is 1. The van der Waals surface area contributed by atoms with E-state index in [-0.39, 0.29) is 5.91 Å². The van der Waals surface area contributed by atoms with Crippen molar-refractivity contribution in [3.63, 3.8) is 0 Å². The Morgan fingerprint density at radius 3 is 2.69 bits per heavy atom. The summed E-state index contributed by atoms with van der Waals surface area (Å²) in [7, 11) is 1.96. The van der Waals surface area contributed by atoms with Gasteiger partial charge in [0.1, 0.15) is 11.4 Å². The second-order valence-corrected chi connectivity index (χ2v) is 7.91. The number of amides is 1. The third-order valence-corrected chi connectivity index (χ3v) is 5.60. The van der Waals surface area contributed by atoms with Gasteiger partial charge in [-0.2, -0.15) is 5.10 Å². The molecule has 1 amide bonds. The van der Waals surface area contributed by atoms with Crippen LogP contribution in [0.15, 0.2) is 48.7 Å². The number of likely N-dealkylation sites (tertiary alicyclic amines) is 1. The van der Waals surface area contributed by atoms with Crippen molar-refractivity contribution in [1.29, 1.82) is 0 Å². The molecule has 0 spiro atoms. The van der Waals surface area contributed by atoms with E-state index in [4.69, 9.17) is 16.7 Å². The minimum atomic E-state index is -0.130. The predicted octanol–water partition coefficient (Wildman–Crippen LogP) is 3.75. The largest absolute Gasteiger partial charge is 0.349 e. The number of aromatic nitrogens is 3. The Labute approximate surface area is 176 Å². The maximum Gasteiger partial charge on any atom is 0.270 e. The van der Waals surface area contributed by atoms with Gasteiger partial charge in [0.25, 0.3) is 5.91 Å². The molecular weight excluding hydrogens is 386 g/mol. The fraction of sp³-hybridized carbons (Fsp3) is 0.364. The second kappa shape index (κ2) is 8.84. The first-order valence-electron chi connectivity index (χ1n) is 10.1. The van der Waals surface area contributed by atoms with Gasteiger partial charge in [-0.3, -0.25) is 4.79 Å². The molecule has 152 valence electrons. The van der Waals surface area contributed by atoms with Crippen LogP contribution in [-0.2, 0) is 7.05 Å². The lowest BCUT2D eigenvalue weighted by Gasteiger charge is -2.26. The number of nitrogens with zero attached hydrogens (tertiary/aromatic N) is 4. The Hall–Kier alpha value is -2.57. The predicted molar refractivity (Wildman–Crippen MR) is 116 cm³/mol. The highest BCUT2D eigenvalue weighted by molar-refractivity contribution is 6.30. The maximum absolute atomic E-state index is 13.0. The van der Waals surface area contributed by atoms with Crippen LogP contribution in [0.25, 0.3) is 17.1 Å². The lowest BCUT2D eigenvalue weighted by Crippen LogP contribution is -2.38. The van der Waals surface area contributed by atoms with Gasteiger partial charge in [0.2, 0.25) is 0 Å². The zero-order valence-corrected chi connectivity index (χ0v) is 17.4. The van der Waals surface area contributed by atoms with E-state index >= 15 is 0 Å². The van der Waals surface area contributed by atoms with E-state index in [1.807, 2.05) is 60.3 Å². The number of benzene rings is 1. The molecule has 3 heterocycles. The number of nitrogens with one attached hydrogen (secondary N) is 1. The number of rotatable bonds is 6. The molecular formula is C22H26ClN5O. The number of hydrogen-bond donors (Lipinski definition) is 1. The Morgan fingerprint density at radius 1 is 1.14 bits per heavy atom. The average Bonchev–Trinajstić information content (AvgIpc) is 3.35. The molecule has 6 nitrogen and oxygen atoms in total. The van der Waals surface area contributed by atoms with Crippen LogP contribution in [0.2, 0.25) is 5.02 Å². The van der Waals surface area contributed by atoms with Crippen LogP contribution in [0.4, 0.5) is 0 Å². The fourth-order valence-electron chi connectivity index (χ4n) is 3.80. The molecule has 7 heteroatoms. The summed E-state index contributed by atoms with van der Waals surface area (Å²) in [5, 5.41) is 8.38. The summed E-state index contributed by atoms with van der Waals surface area (Å²) in [6, 6.07) is 13.2. The molecule has 2 aromatic heterocycles. The zero-order chi connectivity index (χ0) is 20.2. The summed E-state index contributed by atoms with van der Waals surface area (Å²) in [6.07, 6.45) is 5.76. The first-order valence-corrected chi connectivity index (χ1v) is 10.5. The van der Waals surface area contributed by atoms with Gasteiger partial charge in [0, 0.05) is 31.4 Å². The molecule has 1 aliphatic rings. The molecule has 0 bridgehead atoms. The van der Waals surface area contributed by atoms with E-state index < -0.39 is 0 Å². The van der Waals surface area contributed by atoms with Gasteiger partial charge < -0.3 is 14.8 Å². The molecule has 1 fully saturated rings. The van der Waals surface area contributed by atoms with Crippen molar-refractivity contribution in [1.82, 2.24) is 24.6 Å². The molecule has 29 heavy (non-hydrogen) atoms. The van der Waals surface area contributed by atoms with Crippen molar-refractivity contribution in [3.05, 3.63) is 59.4 Å². The van der Waals surface area contributed by atoms with Gasteiger partial charge in [-0.1, -0.05) is 24.1 Å². The lowest BCUT2D eigenvalue weighted by molar-refractivity contribution is 0.0939. The Kier molecular flexibility index (Phi) is 6.02. The number of hydrogen-bond acceptors (Lipinski definition) is 3. The fourth-order valence-corrected chi connectivity index (χ4v) is 3.99. The van der Waals surface area contributed by atoms with Gasteiger partial charge in [0.15, 0.2) is 0 Å². The normalized spacial score (nSPS) is 14.8. The van der Waals surface area contributed by atoms with E-state index in [0.717, 1.165) is 36.7 Å². The molecule has 0 radical (unpaired) electrons. The molecule has 0 saturated carbocycles. The van der Waals surface area contributed by atoms with Gasteiger partial charge in [-0.15, -0.1) is 0 Å².